The third kappa shape index (κ3) is 3.23. The maximum atomic E-state index is 11.5. The lowest BCUT2D eigenvalue weighted by Crippen LogP contribution is -2.48. The molecule has 3 rings (SSSR count). The molecule has 0 aromatic carbocycles. The van der Waals surface area contributed by atoms with Gasteiger partial charge in [0.15, 0.2) is 0 Å². The highest BCUT2D eigenvalue weighted by molar-refractivity contribution is 7.88. The number of aromatic nitrogens is 2. The van der Waals surface area contributed by atoms with E-state index in [2.05, 4.69) is 14.9 Å². The van der Waals surface area contributed by atoms with Crippen molar-refractivity contribution in [3.05, 3.63) is 17.6 Å². The van der Waals surface area contributed by atoms with Crippen LogP contribution < -0.4 is 4.90 Å². The molecule has 22 heavy (non-hydrogen) atoms. The Hall–Kier alpha value is -1.25. The van der Waals surface area contributed by atoms with Crippen molar-refractivity contribution < 1.29 is 13.5 Å². The van der Waals surface area contributed by atoms with Crippen molar-refractivity contribution >= 4 is 15.8 Å². The average molecular weight is 326 g/mol. The van der Waals surface area contributed by atoms with Crippen LogP contribution in [0.15, 0.2) is 6.07 Å². The smallest absolute Gasteiger partial charge is 0.211 e. The maximum absolute atomic E-state index is 11.5. The largest absolute Gasteiger partial charge is 0.391 e. The first kappa shape index (κ1) is 15.6. The molecule has 0 spiro atoms. The van der Waals surface area contributed by atoms with Crippen LogP contribution in [-0.2, 0) is 10.0 Å². The minimum atomic E-state index is -3.12. The zero-order valence-electron chi connectivity index (χ0n) is 12.9. The maximum Gasteiger partial charge on any atom is 0.211 e. The summed E-state index contributed by atoms with van der Waals surface area (Å²) < 4.78 is 24.4. The van der Waals surface area contributed by atoms with E-state index >= 15 is 0 Å². The topological polar surface area (TPSA) is 86.6 Å². The van der Waals surface area contributed by atoms with Gasteiger partial charge in [-0.3, -0.25) is 0 Å². The molecule has 2 aliphatic heterocycles. The molecule has 0 saturated carbocycles. The lowest BCUT2D eigenvalue weighted by atomic mass is 10.0. The Morgan fingerprint density at radius 1 is 1.27 bits per heavy atom. The third-order valence-corrected chi connectivity index (χ3v) is 5.50. The van der Waals surface area contributed by atoms with Gasteiger partial charge in [-0.2, -0.15) is 0 Å². The molecule has 2 aliphatic rings. The van der Waals surface area contributed by atoms with Gasteiger partial charge in [-0.1, -0.05) is 0 Å². The van der Waals surface area contributed by atoms with E-state index in [1.165, 1.54) is 10.6 Å². The lowest BCUT2D eigenvalue weighted by molar-refractivity contribution is 0.153. The van der Waals surface area contributed by atoms with Gasteiger partial charge in [-0.05, 0) is 19.8 Å². The fraction of sp³-hybridized carbons (Fsp3) is 0.714. The van der Waals surface area contributed by atoms with E-state index in [1.807, 2.05) is 13.0 Å². The molecule has 8 heteroatoms. The zero-order valence-corrected chi connectivity index (χ0v) is 13.8. The minimum Gasteiger partial charge on any atom is -0.391 e. The summed E-state index contributed by atoms with van der Waals surface area (Å²) in [7, 11) is -3.12. The van der Waals surface area contributed by atoms with Crippen LogP contribution in [0.2, 0.25) is 0 Å². The monoisotopic (exact) mass is 326 g/mol. The van der Waals surface area contributed by atoms with E-state index < -0.39 is 10.0 Å². The Labute approximate surface area is 131 Å². The van der Waals surface area contributed by atoms with E-state index in [9.17, 15) is 13.5 Å². The van der Waals surface area contributed by atoms with Crippen LogP contribution in [0.25, 0.3) is 0 Å². The Morgan fingerprint density at radius 2 is 2.00 bits per heavy atom. The number of aryl methyl sites for hydroxylation is 1. The molecular weight excluding hydrogens is 304 g/mol. The molecule has 0 radical (unpaired) electrons. The van der Waals surface area contributed by atoms with Gasteiger partial charge in [-0.15, -0.1) is 0 Å². The first-order chi connectivity index (χ1) is 10.3. The van der Waals surface area contributed by atoms with Gasteiger partial charge < -0.3 is 10.0 Å². The second-order valence-electron chi connectivity index (χ2n) is 6.24. The standard InChI is InChI=1S/C14H22N4O3S/c1-10-6-13(17-5-3-4-12(19)9-17)16-14(15-10)11-7-18(8-11)22(2,20)21/h6,11-12,19H,3-5,7-9H2,1-2H3/t12-/m0/s1. The van der Waals surface area contributed by atoms with Crippen molar-refractivity contribution in [2.24, 2.45) is 0 Å². The summed E-state index contributed by atoms with van der Waals surface area (Å²) in [4.78, 5) is 11.2. The number of β-amino-alcohol motifs (C(OH)–C–C–N with tert-alkyl or cyclic N) is 1. The Balaban J connectivity index is 1.77. The van der Waals surface area contributed by atoms with Crippen molar-refractivity contribution in [2.75, 3.05) is 37.3 Å². The molecule has 7 nitrogen and oxygen atoms in total. The van der Waals surface area contributed by atoms with Gasteiger partial charge in [-0.25, -0.2) is 22.7 Å². The van der Waals surface area contributed by atoms with Gasteiger partial charge in [0.1, 0.15) is 11.6 Å². The van der Waals surface area contributed by atoms with E-state index in [4.69, 9.17) is 0 Å². The van der Waals surface area contributed by atoms with Crippen LogP contribution >= 0.6 is 0 Å². The highest BCUT2D eigenvalue weighted by Crippen LogP contribution is 2.28. The molecule has 0 amide bonds. The van der Waals surface area contributed by atoms with Crippen molar-refractivity contribution in [1.82, 2.24) is 14.3 Å². The van der Waals surface area contributed by atoms with Crippen LogP contribution in [-0.4, -0.2) is 66.3 Å². The number of sulfonamides is 1. The first-order valence-electron chi connectivity index (χ1n) is 7.56. The molecule has 2 fully saturated rings. The fourth-order valence-electron chi connectivity index (χ4n) is 2.95. The van der Waals surface area contributed by atoms with Crippen LogP contribution in [0.1, 0.15) is 30.3 Å². The molecule has 0 aliphatic carbocycles. The Kier molecular flexibility index (Phi) is 4.09. The molecule has 3 heterocycles. The summed E-state index contributed by atoms with van der Waals surface area (Å²) in [5, 5.41) is 9.81. The second kappa shape index (κ2) is 5.75. The summed E-state index contributed by atoms with van der Waals surface area (Å²) >= 11 is 0. The van der Waals surface area contributed by atoms with E-state index in [0.29, 0.717) is 25.5 Å². The Bertz CT molecular complexity index is 658. The number of nitrogens with zero attached hydrogens (tertiary/aromatic N) is 4. The fourth-order valence-corrected chi connectivity index (χ4v) is 3.86. The van der Waals surface area contributed by atoms with Gasteiger partial charge in [0.2, 0.25) is 10.0 Å². The summed E-state index contributed by atoms with van der Waals surface area (Å²) in [6.07, 6.45) is 2.70. The highest BCUT2D eigenvalue weighted by atomic mass is 32.2. The van der Waals surface area contributed by atoms with Gasteiger partial charge in [0.05, 0.1) is 12.4 Å². The molecule has 122 valence electrons. The first-order valence-corrected chi connectivity index (χ1v) is 9.41. The molecule has 1 N–H and O–H groups in total. The molecule has 1 aromatic rings. The minimum absolute atomic E-state index is 0.0584. The number of aliphatic hydroxyl groups is 1. The number of piperidine rings is 1. The molecule has 0 bridgehead atoms. The summed E-state index contributed by atoms with van der Waals surface area (Å²) in [6.45, 7) is 4.29. The van der Waals surface area contributed by atoms with Crippen LogP contribution in [0.3, 0.4) is 0 Å². The quantitative estimate of drug-likeness (QED) is 0.848. The average Bonchev–Trinajstić information content (AvgIpc) is 2.34. The predicted molar refractivity (Wildman–Crippen MR) is 83.4 cm³/mol. The molecular formula is C14H22N4O3S. The lowest BCUT2D eigenvalue weighted by Gasteiger charge is -2.37. The SMILES string of the molecule is Cc1cc(N2CCC[C@H](O)C2)nc(C2CN(S(C)(=O)=O)C2)n1. The number of rotatable bonds is 3. The van der Waals surface area contributed by atoms with Crippen LogP contribution in [0, 0.1) is 6.92 Å². The molecule has 2 saturated heterocycles. The number of hydrogen-bond donors (Lipinski definition) is 1. The van der Waals surface area contributed by atoms with Crippen LogP contribution in [0.4, 0.5) is 5.82 Å². The van der Waals surface area contributed by atoms with E-state index in [-0.39, 0.29) is 12.0 Å². The summed E-state index contributed by atoms with van der Waals surface area (Å²) in [5.41, 5.74) is 0.873. The summed E-state index contributed by atoms with van der Waals surface area (Å²) in [6, 6.07) is 1.93. The molecule has 0 unspecified atom stereocenters. The van der Waals surface area contributed by atoms with Gasteiger partial charge in [0.25, 0.3) is 0 Å². The summed E-state index contributed by atoms with van der Waals surface area (Å²) in [5.74, 6) is 1.59. The molecule has 1 aromatic heterocycles. The van der Waals surface area contributed by atoms with Crippen molar-refractivity contribution in [1.29, 1.82) is 0 Å². The van der Waals surface area contributed by atoms with E-state index in [1.54, 1.807) is 0 Å². The van der Waals surface area contributed by atoms with Gasteiger partial charge in [0, 0.05) is 43.9 Å². The zero-order chi connectivity index (χ0) is 15.9. The predicted octanol–water partition coefficient (Wildman–Crippen LogP) is 0.105. The van der Waals surface area contributed by atoms with E-state index in [0.717, 1.165) is 30.9 Å². The third-order valence-electron chi connectivity index (χ3n) is 4.26. The number of hydrogen-bond acceptors (Lipinski definition) is 6. The highest BCUT2D eigenvalue weighted by Gasteiger charge is 2.36. The number of anilines is 1. The van der Waals surface area contributed by atoms with Crippen molar-refractivity contribution in [3.8, 4) is 0 Å². The van der Waals surface area contributed by atoms with Crippen molar-refractivity contribution in [2.45, 2.75) is 31.8 Å². The number of aliphatic hydroxyl groups excluding tert-OH is 1. The van der Waals surface area contributed by atoms with Crippen LogP contribution in [0.5, 0.6) is 0 Å². The second-order valence-corrected chi connectivity index (χ2v) is 8.23. The molecule has 1 atom stereocenters. The normalized spacial score (nSPS) is 24.3. The van der Waals surface area contributed by atoms with Crippen molar-refractivity contribution in [3.63, 3.8) is 0 Å². The Morgan fingerprint density at radius 3 is 2.64 bits per heavy atom. The van der Waals surface area contributed by atoms with Gasteiger partial charge >= 0.3 is 0 Å².